The molecular formula is C24H23F4N7O3. The van der Waals surface area contributed by atoms with E-state index in [4.69, 9.17) is 9.93 Å². The first-order chi connectivity index (χ1) is 17.9. The van der Waals surface area contributed by atoms with Gasteiger partial charge in [-0.3, -0.25) is 4.79 Å². The Bertz CT molecular complexity index is 1410. The molecule has 10 nitrogen and oxygen atoms in total. The van der Waals surface area contributed by atoms with Crippen LogP contribution in [0.3, 0.4) is 0 Å². The molecule has 0 aliphatic heterocycles. The number of carbonyl (C=O) groups excluding carboxylic acids is 1. The lowest BCUT2D eigenvalue weighted by atomic mass is 10.0. The summed E-state index contributed by atoms with van der Waals surface area (Å²) in [4.78, 5) is 20.4. The summed E-state index contributed by atoms with van der Waals surface area (Å²) in [6.45, 7) is 1.55. The van der Waals surface area contributed by atoms with Gasteiger partial charge in [0, 0.05) is 25.5 Å². The topological polar surface area (TPSA) is 149 Å². The van der Waals surface area contributed by atoms with E-state index in [1.54, 1.807) is 14.0 Å². The van der Waals surface area contributed by atoms with Crippen LogP contribution in [0.4, 0.5) is 29.3 Å². The number of amides is 1. The second-order valence-electron chi connectivity index (χ2n) is 8.71. The maximum Gasteiger partial charge on any atom is 0.401 e. The molecule has 2 heterocycles. The van der Waals surface area contributed by atoms with E-state index in [0.717, 1.165) is 12.1 Å². The van der Waals surface area contributed by atoms with Gasteiger partial charge >= 0.3 is 6.18 Å². The van der Waals surface area contributed by atoms with Crippen molar-refractivity contribution in [2.45, 2.75) is 37.8 Å². The van der Waals surface area contributed by atoms with Crippen LogP contribution >= 0.6 is 0 Å². The molecule has 0 atom stereocenters. The van der Waals surface area contributed by atoms with Gasteiger partial charge in [0.1, 0.15) is 11.2 Å². The molecule has 0 radical (unpaired) electrons. The van der Waals surface area contributed by atoms with Crippen LogP contribution in [0.15, 0.2) is 46.9 Å². The van der Waals surface area contributed by atoms with Crippen LogP contribution in [0.1, 0.15) is 31.1 Å². The number of rotatable bonds is 9. The minimum atomic E-state index is -4.49. The molecule has 1 fully saturated rings. The van der Waals surface area contributed by atoms with Crippen molar-refractivity contribution in [3.8, 4) is 17.0 Å². The molecule has 4 rings (SSSR count). The number of nitrogens with zero attached hydrogens (tertiary/aromatic N) is 3. The molecule has 38 heavy (non-hydrogen) atoms. The molecule has 0 spiro atoms. The Balaban J connectivity index is 1.43. The van der Waals surface area contributed by atoms with Crippen LogP contribution < -0.4 is 16.0 Å². The highest BCUT2D eigenvalue weighted by Crippen LogP contribution is 2.59. The SMILES string of the molecule is CN/C=C(/Nc1ncc(-c2ccc(CC(=O)Nc3cc(C4(C(F)(F)F)CC4)on3)c(F)c2)c(O)n1)C(C)=N. The molecule has 200 valence electrons. The van der Waals surface area contributed by atoms with Gasteiger partial charge in [-0.05, 0) is 37.0 Å². The highest BCUT2D eigenvalue weighted by molar-refractivity contribution is 5.98. The van der Waals surface area contributed by atoms with Gasteiger partial charge in [-0.25, -0.2) is 9.37 Å². The summed E-state index contributed by atoms with van der Waals surface area (Å²) < 4.78 is 59.3. The summed E-state index contributed by atoms with van der Waals surface area (Å²) in [6.07, 6.45) is -2.34. The van der Waals surface area contributed by atoms with E-state index >= 15 is 0 Å². The lowest BCUT2D eigenvalue weighted by molar-refractivity contribution is -0.165. The number of aromatic hydroxyl groups is 1. The van der Waals surface area contributed by atoms with Crippen molar-refractivity contribution in [3.05, 3.63) is 59.5 Å². The van der Waals surface area contributed by atoms with Crippen molar-refractivity contribution < 1.29 is 32.0 Å². The predicted octanol–water partition coefficient (Wildman–Crippen LogP) is 4.26. The number of carbonyl (C=O) groups is 1. The van der Waals surface area contributed by atoms with Gasteiger partial charge in [0.15, 0.2) is 11.6 Å². The molecule has 14 heteroatoms. The van der Waals surface area contributed by atoms with E-state index in [2.05, 4.69) is 31.1 Å². The van der Waals surface area contributed by atoms with E-state index < -0.39 is 35.6 Å². The Kier molecular flexibility index (Phi) is 7.07. The number of allylic oxidation sites excluding steroid dienone is 1. The zero-order valence-corrected chi connectivity index (χ0v) is 20.2. The summed E-state index contributed by atoms with van der Waals surface area (Å²) in [6, 6.07) is 4.91. The molecule has 0 unspecified atom stereocenters. The first kappa shape index (κ1) is 26.6. The van der Waals surface area contributed by atoms with Gasteiger partial charge < -0.3 is 31.0 Å². The first-order valence-corrected chi connectivity index (χ1v) is 11.3. The van der Waals surface area contributed by atoms with Gasteiger partial charge in [0.05, 0.1) is 23.4 Å². The summed E-state index contributed by atoms with van der Waals surface area (Å²) in [7, 11) is 1.65. The second-order valence-corrected chi connectivity index (χ2v) is 8.71. The quantitative estimate of drug-likeness (QED) is 0.202. The third-order valence-corrected chi connectivity index (χ3v) is 5.96. The maximum atomic E-state index is 14.8. The molecule has 2 aromatic heterocycles. The number of halogens is 4. The minimum Gasteiger partial charge on any atom is -0.493 e. The van der Waals surface area contributed by atoms with Crippen molar-refractivity contribution >= 4 is 23.4 Å². The number of alkyl halides is 3. The van der Waals surface area contributed by atoms with Crippen molar-refractivity contribution in [3.63, 3.8) is 0 Å². The van der Waals surface area contributed by atoms with E-state index in [0.29, 0.717) is 5.70 Å². The third-order valence-electron chi connectivity index (χ3n) is 5.96. The smallest absolute Gasteiger partial charge is 0.401 e. The zero-order chi connectivity index (χ0) is 27.7. The van der Waals surface area contributed by atoms with Crippen LogP contribution in [0, 0.1) is 11.2 Å². The van der Waals surface area contributed by atoms with Gasteiger partial charge in [-0.15, -0.1) is 0 Å². The lowest BCUT2D eigenvalue weighted by Gasteiger charge is -2.14. The Morgan fingerprint density at radius 2 is 2.00 bits per heavy atom. The lowest BCUT2D eigenvalue weighted by Crippen LogP contribution is -2.28. The summed E-state index contributed by atoms with van der Waals surface area (Å²) in [5.74, 6) is -2.45. The van der Waals surface area contributed by atoms with Crippen molar-refractivity contribution in [2.24, 2.45) is 0 Å². The molecule has 1 aliphatic carbocycles. The monoisotopic (exact) mass is 533 g/mol. The van der Waals surface area contributed by atoms with Crippen LogP contribution in [-0.2, 0) is 16.6 Å². The van der Waals surface area contributed by atoms with Crippen molar-refractivity contribution in [1.82, 2.24) is 20.4 Å². The van der Waals surface area contributed by atoms with Gasteiger partial charge in [0.25, 0.3) is 0 Å². The summed E-state index contributed by atoms with van der Waals surface area (Å²) in [5.41, 5.74) is -1.11. The van der Waals surface area contributed by atoms with Gasteiger partial charge in [-0.2, -0.15) is 18.2 Å². The average molecular weight is 533 g/mol. The molecule has 1 aliphatic rings. The first-order valence-electron chi connectivity index (χ1n) is 11.3. The average Bonchev–Trinajstić information content (AvgIpc) is 3.54. The largest absolute Gasteiger partial charge is 0.493 e. The zero-order valence-electron chi connectivity index (χ0n) is 20.2. The fourth-order valence-corrected chi connectivity index (χ4v) is 3.71. The van der Waals surface area contributed by atoms with E-state index in [9.17, 15) is 27.5 Å². The summed E-state index contributed by atoms with van der Waals surface area (Å²) in [5, 5.41) is 29.4. The predicted molar refractivity (Wildman–Crippen MR) is 129 cm³/mol. The highest BCUT2D eigenvalue weighted by atomic mass is 19.4. The van der Waals surface area contributed by atoms with E-state index in [1.165, 1.54) is 24.5 Å². The fourth-order valence-electron chi connectivity index (χ4n) is 3.71. The Labute approximate surface area is 213 Å². The molecule has 3 aromatic rings. The maximum absolute atomic E-state index is 14.8. The van der Waals surface area contributed by atoms with Crippen LogP contribution in [0.2, 0.25) is 0 Å². The molecule has 5 N–H and O–H groups in total. The number of aromatic nitrogens is 3. The number of hydrogen-bond donors (Lipinski definition) is 5. The fraction of sp³-hybridized carbons (Fsp3) is 0.292. The van der Waals surface area contributed by atoms with Crippen LogP contribution in [0.5, 0.6) is 5.88 Å². The van der Waals surface area contributed by atoms with Crippen LogP contribution in [-0.4, -0.2) is 45.1 Å². The number of hydrogen-bond acceptors (Lipinski definition) is 9. The molecular weight excluding hydrogens is 510 g/mol. The molecule has 0 saturated heterocycles. The standard InChI is InChI=1S/C24H23F4N7O3/c1-12(29)17(11-30-2)32-22-31-10-15(21(37)34-22)13-3-4-14(16(25)7-13)8-20(36)33-19-9-18(38-35-19)23(5-6-23)24(26,27)28/h3-4,7,9-11,29-30H,5-6,8H2,1-2H3,(H,33,35,36)(H2,31,32,34,37)/b17-11+,29-12?. The molecule has 1 aromatic carbocycles. The Morgan fingerprint density at radius 3 is 2.58 bits per heavy atom. The number of nitrogens with one attached hydrogen (secondary N) is 4. The number of anilines is 2. The van der Waals surface area contributed by atoms with Crippen LogP contribution in [0.25, 0.3) is 11.1 Å². The molecule has 1 saturated carbocycles. The highest BCUT2D eigenvalue weighted by Gasteiger charge is 2.66. The Hall–Kier alpha value is -4.49. The Morgan fingerprint density at radius 1 is 1.26 bits per heavy atom. The minimum absolute atomic E-state index is 0.00548. The second kappa shape index (κ2) is 10.1. The van der Waals surface area contributed by atoms with Crippen molar-refractivity contribution in [2.75, 3.05) is 17.7 Å². The molecule has 1 amide bonds. The van der Waals surface area contributed by atoms with Gasteiger partial charge in [-0.1, -0.05) is 17.3 Å². The number of benzene rings is 1. The molecule has 0 bridgehead atoms. The van der Waals surface area contributed by atoms with Gasteiger partial charge in [0.2, 0.25) is 17.7 Å². The van der Waals surface area contributed by atoms with E-state index in [1.807, 2.05) is 0 Å². The van der Waals surface area contributed by atoms with E-state index in [-0.39, 0.29) is 52.8 Å². The van der Waals surface area contributed by atoms with Crippen molar-refractivity contribution in [1.29, 1.82) is 5.41 Å². The third kappa shape index (κ3) is 5.43. The normalized spacial score (nSPS) is 14.6. The summed E-state index contributed by atoms with van der Waals surface area (Å²) >= 11 is 0.